The third kappa shape index (κ3) is 3.71. The number of carbonyl (C=O) groups is 1. The fourth-order valence-corrected chi connectivity index (χ4v) is 4.52. The van der Waals surface area contributed by atoms with Crippen molar-refractivity contribution in [3.8, 4) is 0 Å². The molecule has 0 aromatic rings. The minimum atomic E-state index is -3.50. The van der Waals surface area contributed by atoms with Gasteiger partial charge in [-0.25, -0.2) is 0 Å². The Hall–Kier alpha value is -0.660. The lowest BCUT2D eigenvalue weighted by Gasteiger charge is -2.34. The molecule has 1 aliphatic carbocycles. The number of rotatable bonds is 7. The molecular formula is C13H24N2O4S. The summed E-state index contributed by atoms with van der Waals surface area (Å²) in [5.41, 5.74) is 0. The molecule has 1 atom stereocenters. The monoisotopic (exact) mass is 304 g/mol. The van der Waals surface area contributed by atoms with E-state index < -0.39 is 22.1 Å². The summed E-state index contributed by atoms with van der Waals surface area (Å²) in [6.45, 7) is 3.63. The van der Waals surface area contributed by atoms with E-state index in [9.17, 15) is 13.2 Å². The van der Waals surface area contributed by atoms with Crippen LogP contribution in [0.5, 0.6) is 0 Å². The quantitative estimate of drug-likeness (QED) is 0.765. The number of aliphatic carboxylic acids is 1. The van der Waals surface area contributed by atoms with Crippen molar-refractivity contribution >= 4 is 16.2 Å². The van der Waals surface area contributed by atoms with Crippen molar-refractivity contribution in [3.05, 3.63) is 0 Å². The molecule has 2 aliphatic rings. The number of carboxylic acids is 1. The highest BCUT2D eigenvalue weighted by atomic mass is 32.2. The summed E-state index contributed by atoms with van der Waals surface area (Å²) in [7, 11) is -3.50. The fraction of sp³-hybridized carbons (Fsp3) is 0.923. The van der Waals surface area contributed by atoms with Gasteiger partial charge >= 0.3 is 5.97 Å². The second-order valence-electron chi connectivity index (χ2n) is 5.84. The van der Waals surface area contributed by atoms with Crippen LogP contribution in [0, 0.1) is 11.8 Å². The van der Waals surface area contributed by atoms with Gasteiger partial charge in [-0.1, -0.05) is 6.92 Å². The minimum Gasteiger partial charge on any atom is -0.481 e. The van der Waals surface area contributed by atoms with E-state index in [0.29, 0.717) is 38.4 Å². The maximum Gasteiger partial charge on any atom is 0.307 e. The number of hydrogen-bond acceptors (Lipinski definition) is 3. The molecule has 1 unspecified atom stereocenters. The molecule has 20 heavy (non-hydrogen) atoms. The highest BCUT2D eigenvalue weighted by Gasteiger charge is 2.37. The van der Waals surface area contributed by atoms with E-state index in [-0.39, 0.29) is 6.54 Å². The third-order valence-electron chi connectivity index (χ3n) is 4.02. The Kier molecular flexibility index (Phi) is 5.04. The smallest absolute Gasteiger partial charge is 0.307 e. The summed E-state index contributed by atoms with van der Waals surface area (Å²) in [5.74, 6) is -0.964. The third-order valence-corrected chi connectivity index (χ3v) is 5.99. The summed E-state index contributed by atoms with van der Waals surface area (Å²) < 4.78 is 28.3. The van der Waals surface area contributed by atoms with Crippen LogP contribution in [0.25, 0.3) is 0 Å². The minimum absolute atomic E-state index is 0.114. The molecule has 0 aromatic heterocycles. The molecule has 1 saturated heterocycles. The first-order valence-electron chi connectivity index (χ1n) is 7.43. The van der Waals surface area contributed by atoms with Gasteiger partial charge in [0.15, 0.2) is 0 Å². The van der Waals surface area contributed by atoms with E-state index in [1.165, 1.54) is 4.31 Å². The van der Waals surface area contributed by atoms with Crippen LogP contribution in [-0.2, 0) is 15.0 Å². The Morgan fingerprint density at radius 2 is 2.05 bits per heavy atom. The zero-order chi connectivity index (χ0) is 14.8. The Morgan fingerprint density at radius 3 is 2.60 bits per heavy atom. The molecule has 1 saturated carbocycles. The molecule has 0 radical (unpaired) electrons. The molecule has 0 amide bonds. The van der Waals surface area contributed by atoms with Gasteiger partial charge in [0.1, 0.15) is 0 Å². The lowest BCUT2D eigenvalue weighted by atomic mass is 10.0. The van der Waals surface area contributed by atoms with Gasteiger partial charge < -0.3 is 5.11 Å². The van der Waals surface area contributed by atoms with Gasteiger partial charge in [0.2, 0.25) is 0 Å². The van der Waals surface area contributed by atoms with Gasteiger partial charge in [0.05, 0.1) is 5.92 Å². The second-order valence-corrected chi connectivity index (χ2v) is 7.77. The fourth-order valence-electron chi connectivity index (χ4n) is 2.66. The van der Waals surface area contributed by atoms with Crippen LogP contribution in [0.15, 0.2) is 0 Å². The van der Waals surface area contributed by atoms with Crippen LogP contribution in [0.4, 0.5) is 0 Å². The van der Waals surface area contributed by atoms with Crippen LogP contribution < -0.4 is 0 Å². The van der Waals surface area contributed by atoms with Gasteiger partial charge in [-0.15, -0.1) is 0 Å². The lowest BCUT2D eigenvalue weighted by Crippen LogP contribution is -2.49. The Bertz CT molecular complexity index is 447. The highest BCUT2D eigenvalue weighted by molar-refractivity contribution is 7.86. The summed E-state index contributed by atoms with van der Waals surface area (Å²) >= 11 is 0. The van der Waals surface area contributed by atoms with Crippen LogP contribution in [0.3, 0.4) is 0 Å². The molecule has 1 aliphatic heterocycles. The van der Waals surface area contributed by atoms with Crippen molar-refractivity contribution in [3.63, 3.8) is 0 Å². The van der Waals surface area contributed by atoms with Crippen molar-refractivity contribution in [1.82, 2.24) is 8.61 Å². The number of hydrogen-bond donors (Lipinski definition) is 1. The van der Waals surface area contributed by atoms with Crippen molar-refractivity contribution in [2.75, 3.05) is 26.2 Å². The van der Waals surface area contributed by atoms with E-state index in [1.54, 1.807) is 4.31 Å². The first-order valence-corrected chi connectivity index (χ1v) is 8.83. The van der Waals surface area contributed by atoms with E-state index in [1.807, 2.05) is 6.92 Å². The van der Waals surface area contributed by atoms with E-state index >= 15 is 0 Å². The Balaban J connectivity index is 2.07. The van der Waals surface area contributed by atoms with Crippen LogP contribution in [0.2, 0.25) is 0 Å². The normalized spacial score (nSPS) is 25.0. The number of carboxylic acid groups (broad SMARTS) is 1. The molecule has 0 spiro atoms. The van der Waals surface area contributed by atoms with Crippen molar-refractivity contribution in [1.29, 1.82) is 0 Å². The van der Waals surface area contributed by atoms with E-state index in [2.05, 4.69) is 0 Å². The van der Waals surface area contributed by atoms with Crippen LogP contribution in [0.1, 0.15) is 39.0 Å². The molecule has 1 heterocycles. The zero-order valence-corrected chi connectivity index (χ0v) is 12.8. The van der Waals surface area contributed by atoms with E-state index in [4.69, 9.17) is 5.11 Å². The van der Waals surface area contributed by atoms with Gasteiger partial charge in [0.25, 0.3) is 10.2 Å². The maximum atomic E-state index is 12.7. The molecule has 2 fully saturated rings. The first-order chi connectivity index (χ1) is 9.45. The summed E-state index contributed by atoms with van der Waals surface area (Å²) in [6, 6.07) is 0. The van der Waals surface area contributed by atoms with Gasteiger partial charge in [0, 0.05) is 26.2 Å². The molecule has 0 bridgehead atoms. The van der Waals surface area contributed by atoms with Crippen molar-refractivity contribution in [2.45, 2.75) is 39.0 Å². The second kappa shape index (κ2) is 6.41. The predicted octanol–water partition coefficient (Wildman–Crippen LogP) is 1.15. The SMILES string of the molecule is CCCN(CC1CC1)S(=O)(=O)N1CCCC(C(=O)O)C1. The Morgan fingerprint density at radius 1 is 1.35 bits per heavy atom. The summed E-state index contributed by atoms with van der Waals surface area (Å²) in [6.07, 6.45) is 4.18. The first kappa shape index (κ1) is 15.7. The molecule has 7 heteroatoms. The van der Waals surface area contributed by atoms with Crippen molar-refractivity contribution < 1.29 is 18.3 Å². The van der Waals surface area contributed by atoms with Gasteiger partial charge in [-0.3, -0.25) is 4.79 Å². The largest absolute Gasteiger partial charge is 0.481 e. The van der Waals surface area contributed by atoms with Crippen LogP contribution >= 0.6 is 0 Å². The molecule has 1 N–H and O–H groups in total. The Labute approximate surface area is 120 Å². The van der Waals surface area contributed by atoms with Crippen molar-refractivity contribution in [2.24, 2.45) is 11.8 Å². The number of piperidine rings is 1. The number of nitrogens with zero attached hydrogens (tertiary/aromatic N) is 2. The topological polar surface area (TPSA) is 77.9 Å². The highest BCUT2D eigenvalue weighted by Crippen LogP contribution is 2.31. The summed E-state index contributed by atoms with van der Waals surface area (Å²) in [4.78, 5) is 11.1. The average molecular weight is 304 g/mol. The van der Waals surface area contributed by atoms with E-state index in [0.717, 1.165) is 19.3 Å². The van der Waals surface area contributed by atoms with Gasteiger partial charge in [-0.05, 0) is 38.0 Å². The summed E-state index contributed by atoms with van der Waals surface area (Å²) in [5, 5.41) is 9.08. The molecule has 0 aromatic carbocycles. The molecule has 116 valence electrons. The standard InChI is InChI=1S/C13H24N2O4S/c1-2-7-14(9-11-5-6-11)20(18,19)15-8-3-4-12(10-15)13(16)17/h11-12H,2-10H2,1H3,(H,16,17). The predicted molar refractivity (Wildman–Crippen MR) is 75.4 cm³/mol. The lowest BCUT2D eigenvalue weighted by molar-refractivity contribution is -0.142. The molecular weight excluding hydrogens is 280 g/mol. The zero-order valence-electron chi connectivity index (χ0n) is 12.0. The van der Waals surface area contributed by atoms with Crippen LogP contribution in [-0.4, -0.2) is 54.3 Å². The molecule has 6 nitrogen and oxygen atoms in total. The molecule has 2 rings (SSSR count). The maximum absolute atomic E-state index is 12.7. The average Bonchev–Trinajstić information content (AvgIpc) is 3.22. The van der Waals surface area contributed by atoms with Gasteiger partial charge in [-0.2, -0.15) is 17.0 Å².